The molecule has 0 saturated heterocycles. The molecule has 3 amide bonds. The molecule has 3 N–H and O–H groups in total. The van der Waals surface area contributed by atoms with Crippen LogP contribution in [0.2, 0.25) is 5.02 Å². The summed E-state index contributed by atoms with van der Waals surface area (Å²) in [6.07, 6.45) is -5.69. The van der Waals surface area contributed by atoms with Crippen molar-refractivity contribution in [1.29, 1.82) is 0 Å². The molecule has 0 fully saturated rings. The van der Waals surface area contributed by atoms with Gasteiger partial charge in [0, 0.05) is 17.1 Å². The molecular weight excluding hydrogens is 443 g/mol. The van der Waals surface area contributed by atoms with E-state index in [2.05, 4.69) is 20.6 Å². The van der Waals surface area contributed by atoms with Crippen molar-refractivity contribution in [1.82, 2.24) is 20.6 Å². The molecule has 0 aliphatic rings. The van der Waals surface area contributed by atoms with Gasteiger partial charge in [-0.15, -0.1) is 0 Å². The Morgan fingerprint density at radius 3 is 2.32 bits per heavy atom. The predicted octanol–water partition coefficient (Wildman–Crippen LogP) is 3.70. The van der Waals surface area contributed by atoms with Crippen molar-refractivity contribution in [3.63, 3.8) is 0 Å². The average molecular weight is 462 g/mol. The number of methoxy groups -OCH3 is 1. The third-order valence-corrected chi connectivity index (χ3v) is 4.21. The molecule has 0 bridgehead atoms. The minimum absolute atomic E-state index is 0.0105. The molecule has 0 radical (unpaired) electrons. The molecule has 31 heavy (non-hydrogen) atoms. The van der Waals surface area contributed by atoms with Crippen LogP contribution in [-0.2, 0) is 10.9 Å². The zero-order valence-electron chi connectivity index (χ0n) is 16.8. The highest BCUT2D eigenvalue weighted by atomic mass is 35.5. The van der Waals surface area contributed by atoms with Gasteiger partial charge in [-0.3, -0.25) is 19.7 Å². The zero-order chi connectivity index (χ0) is 23.5. The number of benzene rings is 1. The summed E-state index contributed by atoms with van der Waals surface area (Å²) in [7, 11) is 1.09. The Hall–Kier alpha value is -3.28. The number of nitrogens with zero attached hydrogens (tertiary/aromatic N) is 2. The Bertz CT molecular complexity index is 1020. The number of amides is 3. The molecule has 2 aromatic rings. The number of halogens is 4. The van der Waals surface area contributed by atoms with Crippen molar-refractivity contribution in [3.05, 3.63) is 45.7 Å². The van der Waals surface area contributed by atoms with E-state index in [0.717, 1.165) is 11.8 Å². The van der Waals surface area contributed by atoms with Crippen LogP contribution in [-0.4, -0.2) is 34.8 Å². The first-order chi connectivity index (χ1) is 14.3. The summed E-state index contributed by atoms with van der Waals surface area (Å²) in [4.78, 5) is 36.4. The van der Waals surface area contributed by atoms with E-state index >= 15 is 0 Å². The molecule has 0 aliphatic carbocycles. The maximum atomic E-state index is 13.1. The van der Waals surface area contributed by atoms with Crippen molar-refractivity contribution < 1.29 is 32.3 Å². The smallest absolute Gasteiger partial charge is 0.435 e. The van der Waals surface area contributed by atoms with Gasteiger partial charge in [-0.25, -0.2) is 10.2 Å². The first-order valence-corrected chi connectivity index (χ1v) is 9.15. The lowest BCUT2D eigenvalue weighted by molar-refractivity contribution is -0.141. The van der Waals surface area contributed by atoms with Crippen molar-refractivity contribution >= 4 is 35.2 Å². The quantitative estimate of drug-likeness (QED) is 0.601. The van der Waals surface area contributed by atoms with Gasteiger partial charge in [0.1, 0.15) is 5.69 Å². The number of anilines is 1. The van der Waals surface area contributed by atoms with Gasteiger partial charge in [-0.1, -0.05) is 11.6 Å². The SMILES string of the molecule is COC(=O)NNC(=O)c1cc(Cl)cc(C)c1NC(=O)c1cc(C(F)(F)F)nn1C(C)C. The second-order valence-electron chi connectivity index (χ2n) is 6.62. The van der Waals surface area contributed by atoms with Gasteiger partial charge in [0.2, 0.25) is 0 Å². The van der Waals surface area contributed by atoms with E-state index in [4.69, 9.17) is 11.6 Å². The van der Waals surface area contributed by atoms with E-state index in [-0.39, 0.29) is 22.0 Å². The Balaban J connectivity index is 2.43. The van der Waals surface area contributed by atoms with Crippen LogP contribution in [0.1, 0.15) is 52.0 Å². The summed E-state index contributed by atoms with van der Waals surface area (Å²) in [6, 6.07) is 2.75. The van der Waals surface area contributed by atoms with Crippen molar-refractivity contribution in [2.45, 2.75) is 33.0 Å². The minimum atomic E-state index is -4.74. The Kier molecular flexibility index (Phi) is 7.16. The molecule has 0 saturated carbocycles. The Labute approximate surface area is 179 Å². The van der Waals surface area contributed by atoms with Crippen LogP contribution >= 0.6 is 11.6 Å². The van der Waals surface area contributed by atoms with E-state index in [9.17, 15) is 27.6 Å². The summed E-state index contributed by atoms with van der Waals surface area (Å²) in [6.45, 7) is 4.66. The monoisotopic (exact) mass is 461 g/mol. The molecule has 2 rings (SSSR count). The third-order valence-electron chi connectivity index (χ3n) is 3.99. The number of carbonyl (C=O) groups excluding carboxylic acids is 3. The molecule has 0 unspecified atom stereocenters. The second kappa shape index (κ2) is 9.25. The van der Waals surface area contributed by atoms with E-state index in [1.165, 1.54) is 19.1 Å². The predicted molar refractivity (Wildman–Crippen MR) is 105 cm³/mol. The van der Waals surface area contributed by atoms with Crippen molar-refractivity contribution in [2.24, 2.45) is 0 Å². The molecule has 1 aromatic heterocycles. The highest BCUT2D eigenvalue weighted by Gasteiger charge is 2.36. The van der Waals surface area contributed by atoms with Gasteiger partial charge in [-0.2, -0.15) is 18.3 Å². The fourth-order valence-electron chi connectivity index (χ4n) is 2.59. The number of hydrogen-bond donors (Lipinski definition) is 3. The standard InChI is InChI=1S/C18H19ClF3N5O4/c1-8(2)27-12(7-13(26-27)18(20,21)22)16(29)23-14-9(3)5-10(19)6-11(14)15(28)24-25-17(30)31-4/h5-8H,1-4H3,(H,23,29)(H,24,28)(H,25,30). The largest absolute Gasteiger partial charge is 0.452 e. The fraction of sp³-hybridized carbons (Fsp3) is 0.333. The minimum Gasteiger partial charge on any atom is -0.452 e. The molecule has 13 heteroatoms. The molecule has 0 atom stereocenters. The van der Waals surface area contributed by atoms with Crippen LogP contribution < -0.4 is 16.2 Å². The molecule has 0 aliphatic heterocycles. The van der Waals surface area contributed by atoms with Gasteiger partial charge in [0.25, 0.3) is 11.8 Å². The third kappa shape index (κ3) is 5.66. The summed E-state index contributed by atoms with van der Waals surface area (Å²) >= 11 is 5.99. The van der Waals surface area contributed by atoms with Crippen LogP contribution in [0.15, 0.2) is 18.2 Å². The molecule has 9 nitrogen and oxygen atoms in total. The second-order valence-corrected chi connectivity index (χ2v) is 7.06. The summed E-state index contributed by atoms with van der Waals surface area (Å²) in [5.74, 6) is -1.77. The Morgan fingerprint density at radius 1 is 1.13 bits per heavy atom. The lowest BCUT2D eigenvalue weighted by atomic mass is 10.1. The van der Waals surface area contributed by atoms with Gasteiger partial charge in [-0.05, 0) is 38.5 Å². The highest BCUT2D eigenvalue weighted by molar-refractivity contribution is 6.31. The fourth-order valence-corrected chi connectivity index (χ4v) is 2.86. The normalized spacial score (nSPS) is 11.3. The van der Waals surface area contributed by atoms with Gasteiger partial charge >= 0.3 is 12.3 Å². The molecule has 168 valence electrons. The molecule has 1 heterocycles. The number of aryl methyl sites for hydroxylation is 1. The molecule has 1 aromatic carbocycles. The van der Waals surface area contributed by atoms with Crippen LogP contribution in [0.4, 0.5) is 23.7 Å². The number of aromatic nitrogens is 2. The summed E-state index contributed by atoms with van der Waals surface area (Å²) in [5.41, 5.74) is 2.68. The van der Waals surface area contributed by atoms with Crippen molar-refractivity contribution in [3.8, 4) is 0 Å². The van der Waals surface area contributed by atoms with Crippen molar-refractivity contribution in [2.75, 3.05) is 12.4 Å². The molecular formula is C18H19ClF3N5O4. The number of hydrogen-bond acceptors (Lipinski definition) is 5. The maximum Gasteiger partial charge on any atom is 0.435 e. The highest BCUT2D eigenvalue weighted by Crippen LogP contribution is 2.31. The summed E-state index contributed by atoms with van der Waals surface area (Å²) < 4.78 is 44.5. The van der Waals surface area contributed by atoms with E-state index in [0.29, 0.717) is 11.6 Å². The Morgan fingerprint density at radius 2 is 1.77 bits per heavy atom. The summed E-state index contributed by atoms with van der Waals surface area (Å²) in [5, 5.41) is 6.06. The van der Waals surface area contributed by atoms with Crippen LogP contribution in [0.3, 0.4) is 0 Å². The van der Waals surface area contributed by atoms with E-state index in [1.807, 2.05) is 5.43 Å². The lowest BCUT2D eigenvalue weighted by Crippen LogP contribution is -2.41. The molecule has 0 spiro atoms. The maximum absolute atomic E-state index is 13.1. The first-order valence-electron chi connectivity index (χ1n) is 8.77. The van der Waals surface area contributed by atoms with E-state index in [1.54, 1.807) is 13.8 Å². The van der Waals surface area contributed by atoms with Crippen LogP contribution in [0.25, 0.3) is 0 Å². The van der Waals surface area contributed by atoms with Gasteiger partial charge in [0.15, 0.2) is 5.69 Å². The number of carbonyl (C=O) groups is 3. The lowest BCUT2D eigenvalue weighted by Gasteiger charge is -2.16. The number of nitrogens with one attached hydrogen (secondary N) is 3. The zero-order valence-corrected chi connectivity index (χ0v) is 17.6. The number of hydrazine groups is 1. The topological polar surface area (TPSA) is 114 Å². The van der Waals surface area contributed by atoms with E-state index < -0.39 is 35.8 Å². The van der Waals surface area contributed by atoms with Crippen LogP contribution in [0, 0.1) is 6.92 Å². The number of rotatable bonds is 4. The number of ether oxygens (including phenoxy) is 1. The van der Waals surface area contributed by atoms with Gasteiger partial charge in [0.05, 0.1) is 18.4 Å². The first kappa shape index (κ1) is 24.0. The number of alkyl halides is 3. The van der Waals surface area contributed by atoms with Gasteiger partial charge < -0.3 is 10.1 Å². The van der Waals surface area contributed by atoms with Crippen LogP contribution in [0.5, 0.6) is 0 Å². The average Bonchev–Trinajstić information content (AvgIpc) is 3.14.